The van der Waals surface area contributed by atoms with Crippen molar-refractivity contribution in [3.63, 3.8) is 0 Å². The molecule has 1 amide bonds. The van der Waals surface area contributed by atoms with Crippen molar-refractivity contribution in [3.8, 4) is 0 Å². The van der Waals surface area contributed by atoms with Crippen LogP contribution in [-0.2, 0) is 9.47 Å². The zero-order chi connectivity index (χ0) is 10.4. The second-order valence-corrected chi connectivity index (χ2v) is 3.33. The van der Waals surface area contributed by atoms with E-state index in [4.69, 9.17) is 9.47 Å². The molecule has 0 aromatic heterocycles. The number of rotatable bonds is 4. The molecule has 0 aliphatic carbocycles. The number of alkyl carbamates (subject to hydrolysis) is 1. The van der Waals surface area contributed by atoms with Crippen LogP contribution in [0.25, 0.3) is 0 Å². The van der Waals surface area contributed by atoms with E-state index < -0.39 is 18.3 Å². The first-order valence-electron chi connectivity index (χ1n) is 4.94. The Hall–Kier alpha value is -0.810. The van der Waals surface area contributed by atoms with E-state index in [0.717, 1.165) is 12.8 Å². The normalized spacial score (nSPS) is 26.1. The molecule has 2 atom stereocenters. The first-order chi connectivity index (χ1) is 6.74. The van der Waals surface area contributed by atoms with Crippen LogP contribution >= 0.6 is 0 Å². The quantitative estimate of drug-likeness (QED) is 0.644. The molecule has 0 spiro atoms. The SMILES string of the molecule is CCCCNC(=O)O[C@@H]1COC[C@H]1O. The van der Waals surface area contributed by atoms with Gasteiger partial charge >= 0.3 is 6.09 Å². The van der Waals surface area contributed by atoms with Crippen LogP contribution in [0.4, 0.5) is 4.79 Å². The predicted molar refractivity (Wildman–Crippen MR) is 50.0 cm³/mol. The summed E-state index contributed by atoms with van der Waals surface area (Å²) in [4.78, 5) is 11.1. The van der Waals surface area contributed by atoms with E-state index in [9.17, 15) is 9.90 Å². The highest BCUT2D eigenvalue weighted by Gasteiger charge is 2.29. The van der Waals surface area contributed by atoms with Crippen molar-refractivity contribution in [1.82, 2.24) is 5.32 Å². The first-order valence-corrected chi connectivity index (χ1v) is 4.94. The summed E-state index contributed by atoms with van der Waals surface area (Å²) in [5, 5.41) is 11.9. The van der Waals surface area contributed by atoms with Crippen molar-refractivity contribution >= 4 is 6.09 Å². The molecule has 1 fully saturated rings. The Balaban J connectivity index is 2.13. The van der Waals surface area contributed by atoms with Crippen molar-refractivity contribution in [2.24, 2.45) is 0 Å². The van der Waals surface area contributed by atoms with Gasteiger partial charge in [-0.2, -0.15) is 0 Å². The molecule has 1 saturated heterocycles. The van der Waals surface area contributed by atoms with Crippen LogP contribution in [0, 0.1) is 0 Å². The molecule has 1 rings (SSSR count). The topological polar surface area (TPSA) is 67.8 Å². The van der Waals surface area contributed by atoms with Gasteiger partial charge in [-0.15, -0.1) is 0 Å². The highest BCUT2D eigenvalue weighted by Crippen LogP contribution is 2.09. The number of hydrogen-bond donors (Lipinski definition) is 2. The molecular formula is C9H17NO4. The number of carbonyl (C=O) groups is 1. The van der Waals surface area contributed by atoms with E-state index in [1.165, 1.54) is 0 Å². The number of amides is 1. The van der Waals surface area contributed by atoms with Gasteiger partial charge in [0.2, 0.25) is 0 Å². The monoisotopic (exact) mass is 203 g/mol. The van der Waals surface area contributed by atoms with E-state index in [1.807, 2.05) is 6.92 Å². The second kappa shape index (κ2) is 5.82. The summed E-state index contributed by atoms with van der Waals surface area (Å²) in [6, 6.07) is 0. The summed E-state index contributed by atoms with van der Waals surface area (Å²) in [6.45, 7) is 3.18. The fraction of sp³-hybridized carbons (Fsp3) is 0.889. The van der Waals surface area contributed by atoms with E-state index in [1.54, 1.807) is 0 Å². The average Bonchev–Trinajstić information content (AvgIpc) is 2.52. The first kappa shape index (κ1) is 11.3. The van der Waals surface area contributed by atoms with E-state index in [-0.39, 0.29) is 13.2 Å². The van der Waals surface area contributed by atoms with Gasteiger partial charge in [-0.05, 0) is 6.42 Å². The lowest BCUT2D eigenvalue weighted by Gasteiger charge is -2.13. The van der Waals surface area contributed by atoms with Gasteiger partial charge in [0.25, 0.3) is 0 Å². The maximum absolute atomic E-state index is 11.1. The van der Waals surface area contributed by atoms with Gasteiger partial charge in [0.15, 0.2) is 6.10 Å². The average molecular weight is 203 g/mol. The minimum absolute atomic E-state index is 0.243. The maximum atomic E-state index is 11.1. The van der Waals surface area contributed by atoms with Crippen LogP contribution in [0.15, 0.2) is 0 Å². The Labute approximate surface area is 83.4 Å². The lowest BCUT2D eigenvalue weighted by Crippen LogP contribution is -2.35. The molecule has 1 aliphatic rings. The Bertz CT molecular complexity index is 186. The second-order valence-electron chi connectivity index (χ2n) is 3.33. The molecule has 0 aromatic carbocycles. The standard InChI is InChI=1S/C9H17NO4/c1-2-3-4-10-9(12)14-8-6-13-5-7(8)11/h7-8,11H,2-6H2,1H3,(H,10,12)/t7-,8-/m1/s1. The van der Waals surface area contributed by atoms with Crippen molar-refractivity contribution < 1.29 is 19.4 Å². The van der Waals surface area contributed by atoms with Gasteiger partial charge in [-0.1, -0.05) is 13.3 Å². The number of hydrogen-bond acceptors (Lipinski definition) is 4. The number of aliphatic hydroxyl groups excluding tert-OH is 1. The third-order valence-corrected chi connectivity index (χ3v) is 2.06. The third kappa shape index (κ3) is 3.51. The largest absolute Gasteiger partial charge is 0.441 e. The van der Waals surface area contributed by atoms with Gasteiger partial charge in [0, 0.05) is 6.54 Å². The molecule has 2 N–H and O–H groups in total. The van der Waals surface area contributed by atoms with Crippen molar-refractivity contribution in [2.45, 2.75) is 32.0 Å². The fourth-order valence-electron chi connectivity index (χ4n) is 1.18. The molecule has 0 radical (unpaired) electrons. The van der Waals surface area contributed by atoms with Gasteiger partial charge in [0.1, 0.15) is 6.10 Å². The lowest BCUT2D eigenvalue weighted by molar-refractivity contribution is 0.0326. The maximum Gasteiger partial charge on any atom is 0.407 e. The Kier molecular flexibility index (Phi) is 4.69. The van der Waals surface area contributed by atoms with Gasteiger partial charge in [-0.3, -0.25) is 0 Å². The number of aliphatic hydroxyl groups is 1. The lowest BCUT2D eigenvalue weighted by atomic mass is 10.3. The Morgan fingerprint density at radius 3 is 3.00 bits per heavy atom. The van der Waals surface area contributed by atoms with Gasteiger partial charge in [0.05, 0.1) is 13.2 Å². The zero-order valence-corrected chi connectivity index (χ0v) is 8.36. The number of carbonyl (C=O) groups excluding carboxylic acids is 1. The fourth-order valence-corrected chi connectivity index (χ4v) is 1.18. The van der Waals surface area contributed by atoms with Crippen LogP contribution < -0.4 is 5.32 Å². The summed E-state index contributed by atoms with van der Waals surface area (Å²) < 4.78 is 9.89. The Morgan fingerprint density at radius 2 is 2.43 bits per heavy atom. The van der Waals surface area contributed by atoms with Crippen LogP contribution in [0.3, 0.4) is 0 Å². The van der Waals surface area contributed by atoms with Crippen LogP contribution in [0.2, 0.25) is 0 Å². The minimum Gasteiger partial charge on any atom is -0.441 e. The summed E-state index contributed by atoms with van der Waals surface area (Å²) in [7, 11) is 0. The molecule has 5 heteroatoms. The van der Waals surface area contributed by atoms with Crippen molar-refractivity contribution in [2.75, 3.05) is 19.8 Å². The van der Waals surface area contributed by atoms with E-state index in [0.29, 0.717) is 6.54 Å². The zero-order valence-electron chi connectivity index (χ0n) is 8.36. The molecule has 5 nitrogen and oxygen atoms in total. The molecule has 0 unspecified atom stereocenters. The summed E-state index contributed by atoms with van der Waals surface area (Å²) >= 11 is 0. The van der Waals surface area contributed by atoms with Gasteiger partial charge < -0.3 is 19.9 Å². The molecule has 1 heterocycles. The smallest absolute Gasteiger partial charge is 0.407 e. The van der Waals surface area contributed by atoms with Crippen LogP contribution in [0.1, 0.15) is 19.8 Å². The van der Waals surface area contributed by atoms with Crippen molar-refractivity contribution in [3.05, 3.63) is 0 Å². The summed E-state index contributed by atoms with van der Waals surface area (Å²) in [5.74, 6) is 0. The van der Waals surface area contributed by atoms with Crippen molar-refractivity contribution in [1.29, 1.82) is 0 Å². The summed E-state index contributed by atoms with van der Waals surface area (Å²) in [5.41, 5.74) is 0. The molecule has 1 aliphatic heterocycles. The summed E-state index contributed by atoms with van der Waals surface area (Å²) in [6.07, 6.45) is 0.269. The van der Waals surface area contributed by atoms with Crippen LogP contribution in [-0.4, -0.2) is 43.2 Å². The van der Waals surface area contributed by atoms with Crippen LogP contribution in [0.5, 0.6) is 0 Å². The molecule has 0 aromatic rings. The van der Waals surface area contributed by atoms with Gasteiger partial charge in [-0.25, -0.2) is 4.79 Å². The molecular weight excluding hydrogens is 186 g/mol. The molecule has 82 valence electrons. The van der Waals surface area contributed by atoms with E-state index in [2.05, 4.69) is 5.32 Å². The third-order valence-electron chi connectivity index (χ3n) is 2.06. The molecule has 14 heavy (non-hydrogen) atoms. The number of ether oxygens (including phenoxy) is 2. The molecule has 0 saturated carbocycles. The van der Waals surface area contributed by atoms with E-state index >= 15 is 0 Å². The number of nitrogens with one attached hydrogen (secondary N) is 1. The highest BCUT2D eigenvalue weighted by atomic mass is 16.6. The minimum atomic E-state index is -0.688. The molecule has 0 bridgehead atoms. The Morgan fingerprint density at radius 1 is 1.64 bits per heavy atom. The predicted octanol–water partition coefficient (Wildman–Crippen LogP) is 0.272. The number of unbranched alkanes of at least 4 members (excludes halogenated alkanes) is 1. The highest BCUT2D eigenvalue weighted by molar-refractivity contribution is 5.67.